The molecule has 2 rings (SSSR count). The Morgan fingerprint density at radius 1 is 1.50 bits per heavy atom. The number of halogens is 2. The van der Waals surface area contributed by atoms with Crippen LogP contribution in [0.1, 0.15) is 31.9 Å². The average Bonchev–Trinajstić information content (AvgIpc) is 2.74. The van der Waals surface area contributed by atoms with Crippen LogP contribution in [0.4, 0.5) is 4.39 Å². The largest absolute Gasteiger partial charge is 0.464 e. The quantitative estimate of drug-likeness (QED) is 0.446. The van der Waals surface area contributed by atoms with E-state index in [4.69, 9.17) is 9.47 Å². The molecule has 110 valence electrons. The van der Waals surface area contributed by atoms with E-state index in [1.54, 1.807) is 19.1 Å². The van der Waals surface area contributed by atoms with Crippen LogP contribution in [0.3, 0.4) is 0 Å². The van der Waals surface area contributed by atoms with Gasteiger partial charge in [-0.05, 0) is 19.4 Å². The van der Waals surface area contributed by atoms with Crippen molar-refractivity contribution in [2.24, 2.45) is 0 Å². The zero-order valence-electron chi connectivity index (χ0n) is 11.6. The molecule has 0 saturated carbocycles. The normalized spacial score (nSPS) is 33.1. The van der Waals surface area contributed by atoms with Crippen molar-refractivity contribution in [2.45, 2.75) is 37.6 Å². The first kappa shape index (κ1) is 15.7. The van der Waals surface area contributed by atoms with Crippen molar-refractivity contribution >= 4 is 28.6 Å². The third-order valence-electron chi connectivity index (χ3n) is 3.45. The maximum Gasteiger partial charge on any atom is 0.347 e. The molecule has 0 amide bonds. The van der Waals surface area contributed by atoms with Crippen molar-refractivity contribution in [3.63, 3.8) is 0 Å². The highest BCUT2D eigenvalue weighted by molar-refractivity contribution is 14.1. The number of rotatable bonds is 4. The topological polar surface area (TPSA) is 35.5 Å². The first-order valence-electron chi connectivity index (χ1n) is 6.60. The van der Waals surface area contributed by atoms with E-state index in [0.29, 0.717) is 9.99 Å². The highest BCUT2D eigenvalue weighted by Gasteiger charge is 2.60. The molecular formula is C15H18FIO3. The van der Waals surface area contributed by atoms with E-state index in [1.807, 2.05) is 25.1 Å². The summed E-state index contributed by atoms with van der Waals surface area (Å²) in [5, 5.41) is 0. The first-order valence-corrected chi connectivity index (χ1v) is 8.12. The van der Waals surface area contributed by atoms with Gasteiger partial charge in [0.05, 0.1) is 12.2 Å². The van der Waals surface area contributed by atoms with Crippen LogP contribution in [0.15, 0.2) is 30.3 Å². The molecule has 3 nitrogen and oxygen atoms in total. The molecule has 1 aromatic rings. The number of benzene rings is 1. The van der Waals surface area contributed by atoms with Crippen LogP contribution in [0.25, 0.3) is 0 Å². The van der Waals surface area contributed by atoms with Gasteiger partial charge in [-0.1, -0.05) is 52.9 Å². The average molecular weight is 392 g/mol. The summed E-state index contributed by atoms with van der Waals surface area (Å²) in [6.45, 7) is 3.66. The van der Waals surface area contributed by atoms with Gasteiger partial charge in [0.25, 0.3) is 0 Å². The molecule has 5 heteroatoms. The van der Waals surface area contributed by atoms with E-state index < -0.39 is 23.3 Å². The van der Waals surface area contributed by atoms with Crippen LogP contribution in [-0.2, 0) is 14.3 Å². The van der Waals surface area contributed by atoms with Crippen LogP contribution in [0, 0.1) is 0 Å². The fourth-order valence-electron chi connectivity index (χ4n) is 2.53. The molecule has 1 aliphatic rings. The second-order valence-corrected chi connectivity index (χ2v) is 6.01. The smallest absolute Gasteiger partial charge is 0.347 e. The second-order valence-electron chi connectivity index (χ2n) is 5.25. The van der Waals surface area contributed by atoms with E-state index in [2.05, 4.69) is 22.6 Å². The number of esters is 1. The molecule has 1 aliphatic heterocycles. The summed E-state index contributed by atoms with van der Waals surface area (Å²) < 4.78 is 26.7. The van der Waals surface area contributed by atoms with E-state index in [-0.39, 0.29) is 13.0 Å². The fraction of sp³-hybridized carbons (Fsp3) is 0.533. The summed E-state index contributed by atoms with van der Waals surface area (Å²) in [7, 11) is 0. The predicted octanol–water partition coefficient (Wildman–Crippen LogP) is 3.61. The first-order chi connectivity index (χ1) is 9.45. The lowest BCUT2D eigenvalue weighted by Crippen LogP contribution is -2.39. The summed E-state index contributed by atoms with van der Waals surface area (Å²) in [6.07, 6.45) is -0.899. The molecule has 0 radical (unpaired) electrons. The van der Waals surface area contributed by atoms with Gasteiger partial charge in [0.1, 0.15) is 6.10 Å². The van der Waals surface area contributed by atoms with E-state index in [9.17, 15) is 4.79 Å². The highest BCUT2D eigenvalue weighted by Crippen LogP contribution is 2.50. The number of ether oxygens (including phenoxy) is 2. The molecule has 0 aromatic heterocycles. The van der Waals surface area contributed by atoms with Crippen molar-refractivity contribution in [1.29, 1.82) is 0 Å². The third-order valence-corrected chi connectivity index (χ3v) is 5.06. The van der Waals surface area contributed by atoms with Gasteiger partial charge in [0, 0.05) is 10.8 Å². The zero-order chi connectivity index (χ0) is 14.8. The Balaban J connectivity index is 2.38. The van der Waals surface area contributed by atoms with Crippen LogP contribution in [0.5, 0.6) is 0 Å². The lowest BCUT2D eigenvalue weighted by Gasteiger charge is -2.23. The van der Waals surface area contributed by atoms with E-state index >= 15 is 4.39 Å². The molecule has 0 unspecified atom stereocenters. The van der Waals surface area contributed by atoms with Gasteiger partial charge in [-0.3, -0.25) is 0 Å². The summed E-state index contributed by atoms with van der Waals surface area (Å²) >= 11 is 2.15. The Kier molecular flexibility index (Phi) is 4.69. The van der Waals surface area contributed by atoms with E-state index in [1.165, 1.54) is 0 Å². The molecule has 1 fully saturated rings. The predicted molar refractivity (Wildman–Crippen MR) is 82.6 cm³/mol. The lowest BCUT2D eigenvalue weighted by atomic mass is 9.88. The van der Waals surface area contributed by atoms with Crippen LogP contribution in [-0.4, -0.2) is 28.3 Å². The Morgan fingerprint density at radius 3 is 2.70 bits per heavy atom. The molecule has 0 spiro atoms. The van der Waals surface area contributed by atoms with Gasteiger partial charge in [-0.2, -0.15) is 0 Å². The minimum Gasteiger partial charge on any atom is -0.464 e. The standard InChI is InChI=1S/C15H18FIO3/c1-3-19-13(18)15(16)9-14(2,10-17)20-12(15)11-7-5-4-6-8-11/h4-8,12H,3,9-10H2,1-2H3/t12-,14-,15-/m0/s1. The number of hydrogen-bond acceptors (Lipinski definition) is 3. The summed E-state index contributed by atoms with van der Waals surface area (Å²) in [4.78, 5) is 12.1. The Morgan fingerprint density at radius 2 is 2.15 bits per heavy atom. The summed E-state index contributed by atoms with van der Waals surface area (Å²) in [5.74, 6) is -0.831. The molecule has 0 N–H and O–H groups in total. The van der Waals surface area contributed by atoms with Gasteiger partial charge in [-0.15, -0.1) is 0 Å². The lowest BCUT2D eigenvalue weighted by molar-refractivity contribution is -0.162. The number of alkyl halides is 2. The van der Waals surface area contributed by atoms with Gasteiger partial charge >= 0.3 is 5.97 Å². The number of carbonyl (C=O) groups is 1. The molecule has 1 aromatic carbocycles. The second kappa shape index (κ2) is 5.97. The molecular weight excluding hydrogens is 374 g/mol. The maximum atomic E-state index is 15.3. The van der Waals surface area contributed by atoms with Crippen molar-refractivity contribution in [3.05, 3.63) is 35.9 Å². The zero-order valence-corrected chi connectivity index (χ0v) is 13.7. The summed E-state index contributed by atoms with van der Waals surface area (Å²) in [6, 6.07) is 9.02. The van der Waals surface area contributed by atoms with Crippen molar-refractivity contribution < 1.29 is 18.7 Å². The van der Waals surface area contributed by atoms with Crippen molar-refractivity contribution in [1.82, 2.24) is 0 Å². The van der Waals surface area contributed by atoms with Crippen LogP contribution in [0.2, 0.25) is 0 Å². The van der Waals surface area contributed by atoms with Crippen LogP contribution >= 0.6 is 22.6 Å². The van der Waals surface area contributed by atoms with Gasteiger partial charge < -0.3 is 9.47 Å². The number of hydrogen-bond donors (Lipinski definition) is 0. The molecule has 0 bridgehead atoms. The monoisotopic (exact) mass is 392 g/mol. The maximum absolute atomic E-state index is 15.3. The molecule has 1 heterocycles. The molecule has 0 aliphatic carbocycles. The van der Waals surface area contributed by atoms with Crippen molar-refractivity contribution in [2.75, 3.05) is 11.0 Å². The highest BCUT2D eigenvalue weighted by atomic mass is 127. The van der Waals surface area contributed by atoms with Gasteiger partial charge in [0.2, 0.25) is 5.67 Å². The SMILES string of the molecule is CCOC(=O)[C@]1(F)C[C@@](C)(CI)O[C@H]1c1ccccc1. The minimum atomic E-state index is -2.13. The number of carbonyl (C=O) groups excluding carboxylic acids is 1. The summed E-state index contributed by atoms with van der Waals surface area (Å²) in [5.41, 5.74) is -2.13. The fourth-order valence-corrected chi connectivity index (χ4v) is 2.98. The third kappa shape index (κ3) is 2.83. The van der Waals surface area contributed by atoms with Gasteiger partial charge in [0.15, 0.2) is 0 Å². The molecule has 3 atom stereocenters. The Bertz CT molecular complexity index is 481. The van der Waals surface area contributed by atoms with Gasteiger partial charge in [-0.25, -0.2) is 9.18 Å². The van der Waals surface area contributed by atoms with Crippen molar-refractivity contribution in [3.8, 4) is 0 Å². The minimum absolute atomic E-state index is 0.0152. The molecule has 20 heavy (non-hydrogen) atoms. The Labute approximate surface area is 132 Å². The van der Waals surface area contributed by atoms with E-state index in [0.717, 1.165) is 0 Å². The van der Waals surface area contributed by atoms with Crippen LogP contribution < -0.4 is 0 Å². The molecule has 1 saturated heterocycles. The Hall–Kier alpha value is -0.690.